The molecule has 0 aliphatic rings. The minimum absolute atomic E-state index is 1.28. The zero-order chi connectivity index (χ0) is 14.7. The molecule has 0 saturated heterocycles. The molecule has 5 rings (SSSR count). The van der Waals surface area contributed by atoms with Gasteiger partial charge in [-0.1, -0.05) is 60.7 Å². The predicted molar refractivity (Wildman–Crippen MR) is 94.7 cm³/mol. The van der Waals surface area contributed by atoms with Gasteiger partial charge in [0, 0.05) is 16.2 Å². The maximum Gasteiger partial charge on any atom is 0.0569 e. The van der Waals surface area contributed by atoms with Crippen LogP contribution in [0.5, 0.6) is 0 Å². The minimum atomic E-state index is 1.28. The highest BCUT2D eigenvalue weighted by atomic mass is 14.9. The monoisotopic (exact) mass is 281 g/mol. The maximum absolute atomic E-state index is 2.42. The van der Waals surface area contributed by atoms with Crippen molar-refractivity contribution in [1.82, 2.24) is 4.40 Å². The van der Waals surface area contributed by atoms with Gasteiger partial charge in [0.2, 0.25) is 0 Å². The van der Waals surface area contributed by atoms with Crippen LogP contribution in [0.3, 0.4) is 0 Å². The molecule has 104 valence electrons. The fourth-order valence-electron chi connectivity index (χ4n) is 3.71. The van der Waals surface area contributed by atoms with E-state index in [1.165, 1.54) is 43.7 Å². The molecule has 0 fully saturated rings. The van der Waals surface area contributed by atoms with Gasteiger partial charge < -0.3 is 4.40 Å². The molecule has 0 aliphatic heterocycles. The molecule has 5 aromatic rings. The van der Waals surface area contributed by atoms with E-state index in [1.54, 1.807) is 0 Å². The average molecular weight is 281 g/mol. The summed E-state index contributed by atoms with van der Waals surface area (Å²) in [6.07, 6.45) is 0. The molecule has 22 heavy (non-hydrogen) atoms. The van der Waals surface area contributed by atoms with E-state index >= 15 is 0 Å². The van der Waals surface area contributed by atoms with Gasteiger partial charge in [-0.2, -0.15) is 0 Å². The summed E-state index contributed by atoms with van der Waals surface area (Å²) in [7, 11) is 0. The number of benzene rings is 3. The molecule has 2 heterocycles. The molecular formula is C21H15N. The van der Waals surface area contributed by atoms with Crippen LogP contribution in [0.25, 0.3) is 38.1 Å². The molecule has 0 aliphatic carbocycles. The number of hydrogen-bond acceptors (Lipinski definition) is 0. The summed E-state index contributed by atoms with van der Waals surface area (Å²) in [6.45, 7) is 2.20. The summed E-state index contributed by atoms with van der Waals surface area (Å²) in [6, 6.07) is 26.2. The number of para-hydroxylation sites is 2. The molecule has 0 bridgehead atoms. The fraction of sp³-hybridized carbons (Fsp3) is 0.0476. The predicted octanol–water partition coefficient (Wildman–Crippen LogP) is 5.71. The molecule has 0 atom stereocenters. The SMILES string of the molecule is Cc1cccc2c3ccccc3c3cc4ccccc4n3c12. The Morgan fingerprint density at radius 3 is 2.27 bits per heavy atom. The molecule has 3 aromatic carbocycles. The van der Waals surface area contributed by atoms with E-state index in [2.05, 4.69) is 84.1 Å². The van der Waals surface area contributed by atoms with Crippen LogP contribution in [0.2, 0.25) is 0 Å². The lowest BCUT2D eigenvalue weighted by atomic mass is 10.0. The topological polar surface area (TPSA) is 4.41 Å². The number of rotatable bonds is 0. The molecule has 1 nitrogen and oxygen atoms in total. The second-order valence-electron chi connectivity index (χ2n) is 5.94. The third kappa shape index (κ3) is 1.38. The van der Waals surface area contributed by atoms with Crippen molar-refractivity contribution in [3.63, 3.8) is 0 Å². The molecule has 0 radical (unpaired) electrons. The van der Waals surface area contributed by atoms with Gasteiger partial charge in [-0.25, -0.2) is 0 Å². The van der Waals surface area contributed by atoms with E-state index in [0.717, 1.165) is 0 Å². The van der Waals surface area contributed by atoms with Crippen LogP contribution < -0.4 is 0 Å². The van der Waals surface area contributed by atoms with Crippen molar-refractivity contribution in [2.75, 3.05) is 0 Å². The Morgan fingerprint density at radius 1 is 0.636 bits per heavy atom. The Bertz CT molecular complexity index is 1180. The van der Waals surface area contributed by atoms with Gasteiger partial charge in [-0.15, -0.1) is 0 Å². The quantitative estimate of drug-likeness (QED) is 0.320. The maximum atomic E-state index is 2.42. The highest BCUT2D eigenvalue weighted by Gasteiger charge is 2.12. The third-order valence-corrected chi connectivity index (χ3v) is 4.67. The standard InChI is InChI=1S/C21H15N/c1-14-7-6-11-18-16-9-3-4-10-17(16)20-13-15-8-2-5-12-19(15)22(20)21(14)18/h2-13H,1H3. The molecule has 0 N–H and O–H groups in total. The molecule has 0 amide bonds. The number of aromatic nitrogens is 1. The molecule has 0 spiro atoms. The summed E-state index contributed by atoms with van der Waals surface area (Å²) in [5.74, 6) is 0. The van der Waals surface area contributed by atoms with Crippen LogP contribution in [0, 0.1) is 6.92 Å². The van der Waals surface area contributed by atoms with Crippen molar-refractivity contribution in [1.29, 1.82) is 0 Å². The highest BCUT2D eigenvalue weighted by molar-refractivity contribution is 6.16. The summed E-state index contributed by atoms with van der Waals surface area (Å²) in [5, 5.41) is 5.26. The number of fused-ring (bicyclic) bond motifs is 8. The normalized spacial score (nSPS) is 11.9. The Hall–Kier alpha value is -2.80. The first-order chi connectivity index (χ1) is 10.8. The van der Waals surface area contributed by atoms with Crippen molar-refractivity contribution < 1.29 is 0 Å². The van der Waals surface area contributed by atoms with Crippen molar-refractivity contribution in [2.24, 2.45) is 0 Å². The van der Waals surface area contributed by atoms with Crippen molar-refractivity contribution >= 4 is 38.1 Å². The van der Waals surface area contributed by atoms with Gasteiger partial charge in [0.1, 0.15) is 0 Å². The smallest absolute Gasteiger partial charge is 0.0569 e. The van der Waals surface area contributed by atoms with Gasteiger partial charge in [0.05, 0.1) is 16.6 Å². The van der Waals surface area contributed by atoms with Crippen LogP contribution in [0.1, 0.15) is 5.56 Å². The highest BCUT2D eigenvalue weighted by Crippen LogP contribution is 2.34. The Morgan fingerprint density at radius 2 is 1.36 bits per heavy atom. The van der Waals surface area contributed by atoms with Crippen LogP contribution in [-0.2, 0) is 0 Å². The Balaban J connectivity index is 2.27. The summed E-state index contributed by atoms with van der Waals surface area (Å²) >= 11 is 0. The lowest BCUT2D eigenvalue weighted by Gasteiger charge is -2.12. The molecule has 0 saturated carbocycles. The van der Waals surface area contributed by atoms with Crippen LogP contribution in [0.4, 0.5) is 0 Å². The summed E-state index contributed by atoms with van der Waals surface area (Å²) in [5.41, 5.74) is 5.20. The van der Waals surface area contributed by atoms with E-state index in [0.29, 0.717) is 0 Å². The van der Waals surface area contributed by atoms with Crippen molar-refractivity contribution in [3.05, 3.63) is 78.4 Å². The molecular weight excluding hydrogens is 266 g/mol. The Kier molecular flexibility index (Phi) is 2.21. The first kappa shape index (κ1) is 11.8. The first-order valence-corrected chi connectivity index (χ1v) is 7.65. The minimum Gasteiger partial charge on any atom is -0.308 e. The van der Waals surface area contributed by atoms with E-state index in [1.807, 2.05) is 0 Å². The molecule has 0 unspecified atom stereocenters. The van der Waals surface area contributed by atoms with E-state index in [-0.39, 0.29) is 0 Å². The molecule has 1 heteroatoms. The lowest BCUT2D eigenvalue weighted by Crippen LogP contribution is -1.93. The van der Waals surface area contributed by atoms with Crippen LogP contribution >= 0.6 is 0 Å². The van der Waals surface area contributed by atoms with E-state index < -0.39 is 0 Å². The zero-order valence-corrected chi connectivity index (χ0v) is 12.4. The second-order valence-corrected chi connectivity index (χ2v) is 5.94. The van der Waals surface area contributed by atoms with E-state index in [9.17, 15) is 0 Å². The summed E-state index contributed by atoms with van der Waals surface area (Å²) in [4.78, 5) is 0. The number of nitrogens with zero attached hydrogens (tertiary/aromatic N) is 1. The number of pyridine rings is 1. The largest absolute Gasteiger partial charge is 0.308 e. The molecule has 2 aromatic heterocycles. The number of hydrogen-bond donors (Lipinski definition) is 0. The van der Waals surface area contributed by atoms with Gasteiger partial charge in [0.25, 0.3) is 0 Å². The van der Waals surface area contributed by atoms with Gasteiger partial charge in [-0.05, 0) is 30.0 Å². The van der Waals surface area contributed by atoms with Crippen molar-refractivity contribution in [2.45, 2.75) is 6.92 Å². The van der Waals surface area contributed by atoms with Crippen LogP contribution in [0.15, 0.2) is 72.8 Å². The fourth-order valence-corrected chi connectivity index (χ4v) is 3.71. The first-order valence-electron chi connectivity index (χ1n) is 7.65. The Labute approximate surface area is 128 Å². The van der Waals surface area contributed by atoms with E-state index in [4.69, 9.17) is 0 Å². The average Bonchev–Trinajstić information content (AvgIpc) is 2.95. The number of aryl methyl sites for hydroxylation is 1. The summed E-state index contributed by atoms with van der Waals surface area (Å²) < 4.78 is 2.42. The van der Waals surface area contributed by atoms with Gasteiger partial charge >= 0.3 is 0 Å². The van der Waals surface area contributed by atoms with Gasteiger partial charge in [0.15, 0.2) is 0 Å². The zero-order valence-electron chi connectivity index (χ0n) is 12.4. The lowest BCUT2D eigenvalue weighted by molar-refractivity contribution is 1.31. The van der Waals surface area contributed by atoms with Crippen molar-refractivity contribution in [3.8, 4) is 0 Å². The van der Waals surface area contributed by atoms with Gasteiger partial charge in [-0.3, -0.25) is 0 Å². The van der Waals surface area contributed by atoms with Crippen LogP contribution in [-0.4, -0.2) is 4.40 Å². The second kappa shape index (κ2) is 4.11. The third-order valence-electron chi connectivity index (χ3n) is 4.67.